The standard InChI is InChI=1S/C12H15N3O4/c1-17-9-4-7(5-10(18-2)11(9)19-3)8-6-13-12(16)15-14-8/h4-5H,6H2,1-3H3,(H2,13,15,16). The van der Waals surface area contributed by atoms with Crippen LogP contribution in [-0.2, 0) is 0 Å². The summed E-state index contributed by atoms with van der Waals surface area (Å²) < 4.78 is 15.8. The average molecular weight is 265 g/mol. The van der Waals surface area contributed by atoms with Crippen LogP contribution in [0.5, 0.6) is 17.2 Å². The summed E-state index contributed by atoms with van der Waals surface area (Å²) in [7, 11) is 4.63. The van der Waals surface area contributed by atoms with Gasteiger partial charge in [0.2, 0.25) is 5.75 Å². The van der Waals surface area contributed by atoms with Crippen LogP contribution in [0.4, 0.5) is 4.79 Å². The van der Waals surface area contributed by atoms with Gasteiger partial charge in [-0.05, 0) is 12.1 Å². The summed E-state index contributed by atoms with van der Waals surface area (Å²) in [5.74, 6) is 1.59. The first kappa shape index (κ1) is 13.0. The maximum Gasteiger partial charge on any atom is 0.335 e. The molecule has 1 aliphatic rings. The molecule has 2 rings (SSSR count). The maximum atomic E-state index is 11.0. The molecule has 0 aliphatic carbocycles. The predicted molar refractivity (Wildman–Crippen MR) is 69.2 cm³/mol. The lowest BCUT2D eigenvalue weighted by Gasteiger charge is -2.17. The molecule has 0 spiro atoms. The van der Waals surface area contributed by atoms with E-state index in [-0.39, 0.29) is 6.03 Å². The van der Waals surface area contributed by atoms with Crippen LogP contribution in [0.15, 0.2) is 17.2 Å². The second-order valence-corrected chi connectivity index (χ2v) is 3.77. The van der Waals surface area contributed by atoms with E-state index in [4.69, 9.17) is 14.2 Å². The molecule has 0 unspecified atom stereocenters. The highest BCUT2D eigenvalue weighted by molar-refractivity contribution is 6.06. The summed E-state index contributed by atoms with van der Waals surface area (Å²) >= 11 is 0. The highest BCUT2D eigenvalue weighted by Crippen LogP contribution is 2.38. The molecule has 0 aromatic heterocycles. The zero-order chi connectivity index (χ0) is 13.8. The van der Waals surface area contributed by atoms with E-state index in [1.165, 1.54) is 0 Å². The minimum absolute atomic E-state index is 0.323. The van der Waals surface area contributed by atoms with Crippen molar-refractivity contribution in [2.75, 3.05) is 27.9 Å². The lowest BCUT2D eigenvalue weighted by molar-refractivity contribution is 0.241. The van der Waals surface area contributed by atoms with E-state index >= 15 is 0 Å². The number of carbonyl (C=O) groups is 1. The summed E-state index contributed by atoms with van der Waals surface area (Å²) in [5, 5.41) is 6.63. The molecule has 0 saturated carbocycles. The number of hydrogen-bond donors (Lipinski definition) is 2. The number of amides is 2. The molecule has 1 aromatic carbocycles. The van der Waals surface area contributed by atoms with Crippen molar-refractivity contribution in [3.8, 4) is 17.2 Å². The highest BCUT2D eigenvalue weighted by atomic mass is 16.5. The smallest absolute Gasteiger partial charge is 0.335 e. The molecule has 0 radical (unpaired) electrons. The Hall–Kier alpha value is -2.44. The number of hydrazone groups is 1. The number of urea groups is 1. The van der Waals surface area contributed by atoms with Crippen molar-refractivity contribution in [3.05, 3.63) is 17.7 Å². The zero-order valence-corrected chi connectivity index (χ0v) is 10.9. The quantitative estimate of drug-likeness (QED) is 0.841. The third kappa shape index (κ3) is 2.54. The number of ether oxygens (including phenoxy) is 3. The third-order valence-corrected chi connectivity index (χ3v) is 2.71. The molecule has 7 nitrogen and oxygen atoms in total. The molecule has 2 N–H and O–H groups in total. The van der Waals surface area contributed by atoms with Crippen LogP contribution < -0.4 is 25.0 Å². The van der Waals surface area contributed by atoms with E-state index in [9.17, 15) is 4.79 Å². The molecular formula is C12H15N3O4. The molecule has 0 fully saturated rings. The summed E-state index contributed by atoms with van der Waals surface area (Å²) in [6.07, 6.45) is 0. The first-order chi connectivity index (χ1) is 9.19. The number of carbonyl (C=O) groups excluding carboxylic acids is 1. The van der Waals surface area contributed by atoms with Gasteiger partial charge in [-0.1, -0.05) is 0 Å². The van der Waals surface area contributed by atoms with Gasteiger partial charge in [0, 0.05) is 5.56 Å². The van der Waals surface area contributed by atoms with Crippen LogP contribution in [0.2, 0.25) is 0 Å². The Balaban J connectivity index is 2.44. The van der Waals surface area contributed by atoms with Crippen molar-refractivity contribution in [3.63, 3.8) is 0 Å². The van der Waals surface area contributed by atoms with E-state index in [0.717, 1.165) is 5.56 Å². The van der Waals surface area contributed by atoms with E-state index in [1.807, 2.05) is 0 Å². The number of nitrogens with zero attached hydrogens (tertiary/aromatic N) is 1. The summed E-state index contributed by atoms with van der Waals surface area (Å²) in [6, 6.07) is 3.23. The SMILES string of the molecule is COc1cc(C2=NNC(=O)NC2)cc(OC)c1OC. The van der Waals surface area contributed by atoms with Crippen LogP contribution >= 0.6 is 0 Å². The summed E-state index contributed by atoms with van der Waals surface area (Å²) in [4.78, 5) is 11.0. The van der Waals surface area contributed by atoms with Gasteiger partial charge in [0.25, 0.3) is 0 Å². The normalized spacial score (nSPS) is 14.1. The molecular weight excluding hydrogens is 250 g/mol. The summed E-state index contributed by atoms with van der Waals surface area (Å²) in [6.45, 7) is 0.338. The predicted octanol–water partition coefficient (Wildman–Crippen LogP) is 0.729. The average Bonchev–Trinajstić information content (AvgIpc) is 2.46. The van der Waals surface area contributed by atoms with E-state index in [2.05, 4.69) is 15.8 Å². The maximum absolute atomic E-state index is 11.0. The van der Waals surface area contributed by atoms with Crippen molar-refractivity contribution in [1.29, 1.82) is 0 Å². The molecule has 0 saturated heterocycles. The number of nitrogens with one attached hydrogen (secondary N) is 2. The molecule has 1 aliphatic heterocycles. The molecule has 0 atom stereocenters. The van der Waals surface area contributed by atoms with Crippen molar-refractivity contribution in [2.45, 2.75) is 0 Å². The van der Waals surface area contributed by atoms with Gasteiger partial charge >= 0.3 is 6.03 Å². The van der Waals surface area contributed by atoms with Gasteiger partial charge < -0.3 is 19.5 Å². The van der Waals surface area contributed by atoms with E-state index in [1.54, 1.807) is 33.5 Å². The number of benzene rings is 1. The fourth-order valence-corrected chi connectivity index (χ4v) is 1.78. The van der Waals surface area contributed by atoms with Gasteiger partial charge in [-0.3, -0.25) is 0 Å². The van der Waals surface area contributed by atoms with Crippen LogP contribution in [0.1, 0.15) is 5.56 Å². The van der Waals surface area contributed by atoms with Gasteiger partial charge in [-0.25, -0.2) is 10.2 Å². The Morgan fingerprint density at radius 3 is 2.16 bits per heavy atom. The minimum Gasteiger partial charge on any atom is -0.493 e. The lowest BCUT2D eigenvalue weighted by atomic mass is 10.1. The minimum atomic E-state index is -0.323. The first-order valence-corrected chi connectivity index (χ1v) is 5.60. The fourth-order valence-electron chi connectivity index (χ4n) is 1.78. The van der Waals surface area contributed by atoms with Crippen LogP contribution in [0, 0.1) is 0 Å². The van der Waals surface area contributed by atoms with Gasteiger partial charge in [-0.2, -0.15) is 5.10 Å². The summed E-state index contributed by atoms with van der Waals surface area (Å²) in [5.41, 5.74) is 3.82. The third-order valence-electron chi connectivity index (χ3n) is 2.71. The molecule has 102 valence electrons. The largest absolute Gasteiger partial charge is 0.493 e. The molecule has 1 heterocycles. The van der Waals surface area contributed by atoms with E-state index < -0.39 is 0 Å². The van der Waals surface area contributed by atoms with Crippen LogP contribution in [0.3, 0.4) is 0 Å². The first-order valence-electron chi connectivity index (χ1n) is 5.60. The van der Waals surface area contributed by atoms with Gasteiger partial charge in [0.05, 0.1) is 33.6 Å². The molecule has 19 heavy (non-hydrogen) atoms. The monoisotopic (exact) mass is 265 g/mol. The molecule has 0 bridgehead atoms. The number of hydrogen-bond acceptors (Lipinski definition) is 5. The molecule has 2 amide bonds. The topological polar surface area (TPSA) is 81.2 Å². The van der Waals surface area contributed by atoms with Crippen molar-refractivity contribution < 1.29 is 19.0 Å². The van der Waals surface area contributed by atoms with Gasteiger partial charge in [-0.15, -0.1) is 0 Å². The number of methoxy groups -OCH3 is 3. The number of rotatable bonds is 4. The second-order valence-electron chi connectivity index (χ2n) is 3.77. The highest BCUT2D eigenvalue weighted by Gasteiger charge is 2.18. The fraction of sp³-hybridized carbons (Fsp3) is 0.333. The van der Waals surface area contributed by atoms with Crippen LogP contribution in [-0.4, -0.2) is 39.6 Å². The molecule has 7 heteroatoms. The van der Waals surface area contributed by atoms with Gasteiger partial charge in [0.15, 0.2) is 11.5 Å². The Bertz CT molecular complexity index is 503. The van der Waals surface area contributed by atoms with Crippen molar-refractivity contribution in [1.82, 2.24) is 10.7 Å². The zero-order valence-electron chi connectivity index (χ0n) is 10.9. The Morgan fingerprint density at radius 2 is 1.74 bits per heavy atom. The van der Waals surface area contributed by atoms with Crippen molar-refractivity contribution >= 4 is 11.7 Å². The van der Waals surface area contributed by atoms with Crippen molar-refractivity contribution in [2.24, 2.45) is 5.10 Å². The van der Waals surface area contributed by atoms with E-state index in [0.29, 0.717) is 29.5 Å². The second kappa shape index (κ2) is 5.47. The van der Waals surface area contributed by atoms with Crippen LogP contribution in [0.25, 0.3) is 0 Å². The Morgan fingerprint density at radius 1 is 1.11 bits per heavy atom. The van der Waals surface area contributed by atoms with Gasteiger partial charge in [0.1, 0.15) is 0 Å². The molecule has 1 aromatic rings. The Kier molecular flexibility index (Phi) is 3.74. The Labute approximate surface area is 110 Å². The lowest BCUT2D eigenvalue weighted by Crippen LogP contribution is -2.42.